The average Bonchev–Trinajstić information content (AvgIpc) is 2.41. The van der Waals surface area contributed by atoms with E-state index in [1.165, 1.54) is 0 Å². The first-order valence-corrected chi connectivity index (χ1v) is 7.93. The summed E-state index contributed by atoms with van der Waals surface area (Å²) in [7, 11) is 0. The van der Waals surface area contributed by atoms with Crippen molar-refractivity contribution >= 4 is 33.5 Å². The van der Waals surface area contributed by atoms with Crippen LogP contribution in [0, 0.1) is 5.41 Å². The molecular formula is C15H15BrN2OS. The van der Waals surface area contributed by atoms with Gasteiger partial charge in [0, 0.05) is 9.37 Å². The molecule has 0 aliphatic rings. The Hall–Kier alpha value is -1.46. The van der Waals surface area contributed by atoms with Gasteiger partial charge >= 0.3 is 0 Å². The molecule has 0 aromatic heterocycles. The van der Waals surface area contributed by atoms with Crippen LogP contribution in [0.25, 0.3) is 0 Å². The first-order chi connectivity index (χ1) is 9.61. The average molecular weight is 351 g/mol. The lowest BCUT2D eigenvalue weighted by molar-refractivity contribution is 0.480. The number of thioether (sulfide) groups is 1. The summed E-state index contributed by atoms with van der Waals surface area (Å²) in [5, 5.41) is 7.77. The third-order valence-corrected chi connectivity index (χ3v) is 4.07. The van der Waals surface area contributed by atoms with Gasteiger partial charge in [-0.25, -0.2) is 0 Å². The Morgan fingerprint density at radius 2 is 1.95 bits per heavy atom. The van der Waals surface area contributed by atoms with E-state index in [1.807, 2.05) is 42.5 Å². The minimum atomic E-state index is 0.0219. The number of hydrogen-bond acceptors (Lipinski definition) is 3. The second kappa shape index (κ2) is 6.81. The van der Waals surface area contributed by atoms with E-state index in [-0.39, 0.29) is 5.84 Å². The molecule has 0 bridgehead atoms. The maximum Gasteiger partial charge on any atom is 0.139 e. The minimum absolute atomic E-state index is 0.0219. The molecule has 0 heterocycles. The number of hydrogen-bond donors (Lipinski definition) is 2. The summed E-state index contributed by atoms with van der Waals surface area (Å²) in [6.07, 6.45) is 0. The van der Waals surface area contributed by atoms with Crippen molar-refractivity contribution < 1.29 is 4.74 Å². The molecular weight excluding hydrogens is 336 g/mol. The van der Waals surface area contributed by atoms with Crippen LogP contribution in [0.15, 0.2) is 51.8 Å². The van der Waals surface area contributed by atoms with Gasteiger partial charge in [-0.15, -0.1) is 11.8 Å². The number of nitrogen functional groups attached to an aromatic ring is 1. The molecule has 3 nitrogen and oxygen atoms in total. The minimum Gasteiger partial charge on any atom is -0.457 e. The van der Waals surface area contributed by atoms with Crippen LogP contribution in [-0.4, -0.2) is 11.6 Å². The predicted octanol–water partition coefficient (Wildman–Crippen LogP) is 4.64. The van der Waals surface area contributed by atoms with E-state index >= 15 is 0 Å². The van der Waals surface area contributed by atoms with Crippen LogP contribution >= 0.6 is 27.7 Å². The summed E-state index contributed by atoms with van der Waals surface area (Å²) in [4.78, 5) is 0.967. The van der Waals surface area contributed by atoms with Crippen molar-refractivity contribution in [2.45, 2.75) is 11.8 Å². The second-order valence-corrected chi connectivity index (χ2v) is 6.25. The number of nitrogens with one attached hydrogen (secondary N) is 1. The van der Waals surface area contributed by atoms with Crippen molar-refractivity contribution in [3.05, 3.63) is 52.5 Å². The molecule has 20 heavy (non-hydrogen) atoms. The zero-order valence-corrected chi connectivity index (χ0v) is 13.4. The van der Waals surface area contributed by atoms with E-state index < -0.39 is 0 Å². The van der Waals surface area contributed by atoms with Gasteiger partial charge in [-0.2, -0.15) is 0 Å². The highest BCUT2D eigenvalue weighted by atomic mass is 79.9. The monoisotopic (exact) mass is 350 g/mol. The molecule has 2 aromatic rings. The molecule has 0 aliphatic carbocycles. The maximum absolute atomic E-state index is 7.77. The first-order valence-electron chi connectivity index (χ1n) is 6.15. The highest BCUT2D eigenvalue weighted by Gasteiger charge is 2.13. The molecule has 0 saturated carbocycles. The highest BCUT2D eigenvalue weighted by Crippen LogP contribution is 2.33. The van der Waals surface area contributed by atoms with E-state index in [0.29, 0.717) is 17.1 Å². The van der Waals surface area contributed by atoms with Crippen molar-refractivity contribution in [1.29, 1.82) is 5.41 Å². The lowest BCUT2D eigenvalue weighted by atomic mass is 10.2. The van der Waals surface area contributed by atoms with Gasteiger partial charge in [0.25, 0.3) is 0 Å². The van der Waals surface area contributed by atoms with Gasteiger partial charge in [0.2, 0.25) is 0 Å². The van der Waals surface area contributed by atoms with E-state index in [4.69, 9.17) is 15.9 Å². The molecule has 0 unspecified atom stereocenters. The summed E-state index contributed by atoms with van der Waals surface area (Å²) < 4.78 is 6.85. The summed E-state index contributed by atoms with van der Waals surface area (Å²) in [5.74, 6) is 2.27. The highest BCUT2D eigenvalue weighted by molar-refractivity contribution is 9.10. The largest absolute Gasteiger partial charge is 0.457 e. The Bertz CT molecular complexity index is 614. The van der Waals surface area contributed by atoms with Gasteiger partial charge in [-0.1, -0.05) is 28.9 Å². The fourth-order valence-electron chi connectivity index (χ4n) is 1.77. The zero-order valence-electron chi connectivity index (χ0n) is 11.0. The van der Waals surface area contributed by atoms with Crippen LogP contribution in [0.3, 0.4) is 0 Å². The molecule has 104 valence electrons. The van der Waals surface area contributed by atoms with Crippen molar-refractivity contribution in [2.75, 3.05) is 5.75 Å². The Labute approximate surface area is 131 Å². The standard InChI is InChI=1S/C15H15BrN2OS/c1-2-20-13-5-3-4-12(14(13)15(17)18)19-11-8-6-10(16)7-9-11/h3-9H,2H2,1H3,(H3,17,18). The number of halogens is 1. The van der Waals surface area contributed by atoms with Crippen molar-refractivity contribution in [3.8, 4) is 11.5 Å². The fourth-order valence-corrected chi connectivity index (χ4v) is 2.87. The van der Waals surface area contributed by atoms with E-state index in [9.17, 15) is 0 Å². The fraction of sp³-hybridized carbons (Fsp3) is 0.133. The molecule has 2 aromatic carbocycles. The van der Waals surface area contributed by atoms with Gasteiger partial charge in [0.1, 0.15) is 17.3 Å². The Morgan fingerprint density at radius 1 is 1.25 bits per heavy atom. The summed E-state index contributed by atoms with van der Waals surface area (Å²) in [6.45, 7) is 2.07. The van der Waals surface area contributed by atoms with Crippen molar-refractivity contribution in [3.63, 3.8) is 0 Å². The molecule has 5 heteroatoms. The normalized spacial score (nSPS) is 10.3. The van der Waals surface area contributed by atoms with E-state index in [1.54, 1.807) is 11.8 Å². The summed E-state index contributed by atoms with van der Waals surface area (Å²) in [6, 6.07) is 13.3. The molecule has 3 N–H and O–H groups in total. The van der Waals surface area contributed by atoms with Crippen LogP contribution < -0.4 is 10.5 Å². The third-order valence-electron chi connectivity index (χ3n) is 2.60. The van der Waals surface area contributed by atoms with Crippen LogP contribution in [0.1, 0.15) is 12.5 Å². The number of rotatable bonds is 5. The van der Waals surface area contributed by atoms with E-state index in [0.717, 1.165) is 15.1 Å². The number of benzene rings is 2. The van der Waals surface area contributed by atoms with E-state index in [2.05, 4.69) is 22.9 Å². The van der Waals surface area contributed by atoms with Crippen molar-refractivity contribution in [2.24, 2.45) is 5.73 Å². The van der Waals surface area contributed by atoms with Gasteiger partial charge in [0.05, 0.1) is 5.56 Å². The van der Waals surface area contributed by atoms with Gasteiger partial charge in [-0.3, -0.25) is 5.41 Å². The molecule has 0 radical (unpaired) electrons. The molecule has 0 fully saturated rings. The van der Waals surface area contributed by atoms with Crippen LogP contribution in [-0.2, 0) is 0 Å². The Kier molecular flexibility index (Phi) is 5.09. The third kappa shape index (κ3) is 3.55. The number of ether oxygens (including phenoxy) is 1. The molecule has 0 aliphatic heterocycles. The molecule has 2 rings (SSSR count). The van der Waals surface area contributed by atoms with Crippen LogP contribution in [0.2, 0.25) is 0 Å². The van der Waals surface area contributed by atoms with Gasteiger partial charge < -0.3 is 10.5 Å². The number of amidine groups is 1. The first kappa shape index (κ1) is 14.9. The number of nitrogens with two attached hydrogens (primary N) is 1. The van der Waals surface area contributed by atoms with Gasteiger partial charge in [0.15, 0.2) is 0 Å². The summed E-state index contributed by atoms with van der Waals surface area (Å²) in [5.41, 5.74) is 6.36. The quantitative estimate of drug-likeness (QED) is 0.469. The molecule has 0 atom stereocenters. The molecule has 0 saturated heterocycles. The zero-order chi connectivity index (χ0) is 14.5. The van der Waals surface area contributed by atoms with Gasteiger partial charge in [-0.05, 0) is 42.2 Å². The summed E-state index contributed by atoms with van der Waals surface area (Å²) >= 11 is 5.04. The van der Waals surface area contributed by atoms with Crippen LogP contribution in [0.5, 0.6) is 11.5 Å². The Balaban J connectivity index is 2.37. The topological polar surface area (TPSA) is 59.1 Å². The van der Waals surface area contributed by atoms with Crippen LogP contribution in [0.4, 0.5) is 0 Å². The lowest BCUT2D eigenvalue weighted by Gasteiger charge is -2.13. The Morgan fingerprint density at radius 3 is 2.55 bits per heavy atom. The maximum atomic E-state index is 7.77. The molecule has 0 spiro atoms. The van der Waals surface area contributed by atoms with Crippen molar-refractivity contribution in [1.82, 2.24) is 0 Å². The second-order valence-electron chi connectivity index (χ2n) is 4.03. The lowest BCUT2D eigenvalue weighted by Crippen LogP contribution is -2.13. The smallest absolute Gasteiger partial charge is 0.139 e. The molecule has 0 amide bonds. The SMILES string of the molecule is CCSc1cccc(Oc2ccc(Br)cc2)c1C(=N)N. The predicted molar refractivity (Wildman–Crippen MR) is 88.1 cm³/mol.